The summed E-state index contributed by atoms with van der Waals surface area (Å²) >= 11 is 0. The van der Waals surface area contributed by atoms with Crippen LogP contribution in [0.4, 0.5) is 24.5 Å². The third-order valence-corrected chi connectivity index (χ3v) is 2.87. The minimum Gasteiger partial charge on any atom is -0.312 e. The van der Waals surface area contributed by atoms with Crippen molar-refractivity contribution in [1.29, 1.82) is 0 Å². The second kappa shape index (κ2) is 4.52. The largest absolute Gasteiger partial charge is 0.423 e. The van der Waals surface area contributed by atoms with E-state index in [1.165, 1.54) is 4.90 Å². The van der Waals surface area contributed by atoms with Crippen molar-refractivity contribution in [2.75, 3.05) is 11.4 Å². The molecule has 0 unspecified atom stereocenters. The van der Waals surface area contributed by atoms with Crippen LogP contribution >= 0.6 is 0 Å². The third-order valence-electron chi connectivity index (χ3n) is 2.87. The second-order valence-electron chi connectivity index (χ2n) is 4.11. The van der Waals surface area contributed by atoms with E-state index in [4.69, 9.17) is 0 Å². The zero-order chi connectivity index (χ0) is 14.2. The fourth-order valence-corrected chi connectivity index (χ4v) is 2.00. The number of anilines is 1. The molecule has 0 N–H and O–H groups in total. The molecule has 1 heterocycles. The highest BCUT2D eigenvalue weighted by atomic mass is 19.4. The fraction of sp³-hybridized carbons (Fsp3) is 0.364. The predicted molar refractivity (Wildman–Crippen MR) is 59.7 cm³/mol. The minimum absolute atomic E-state index is 0.0421. The number of halogens is 3. The molecule has 0 aromatic heterocycles. The lowest BCUT2D eigenvalue weighted by Crippen LogP contribution is -2.24. The van der Waals surface area contributed by atoms with Crippen molar-refractivity contribution >= 4 is 17.3 Å². The molecule has 0 saturated carbocycles. The van der Waals surface area contributed by atoms with Crippen LogP contribution in [0, 0.1) is 10.1 Å². The maximum Gasteiger partial charge on any atom is 0.423 e. The van der Waals surface area contributed by atoms with Crippen molar-refractivity contribution in [1.82, 2.24) is 0 Å². The monoisotopic (exact) mass is 274 g/mol. The van der Waals surface area contributed by atoms with E-state index in [0.29, 0.717) is 19.0 Å². The van der Waals surface area contributed by atoms with Crippen LogP contribution in [-0.4, -0.2) is 17.4 Å². The van der Waals surface area contributed by atoms with Gasteiger partial charge in [-0.15, -0.1) is 0 Å². The molecule has 1 saturated heterocycles. The number of hydrogen-bond acceptors (Lipinski definition) is 3. The van der Waals surface area contributed by atoms with Crippen LogP contribution in [0.1, 0.15) is 18.4 Å². The Morgan fingerprint density at radius 3 is 2.47 bits per heavy atom. The summed E-state index contributed by atoms with van der Waals surface area (Å²) in [5.41, 5.74) is -2.31. The summed E-state index contributed by atoms with van der Waals surface area (Å²) in [5, 5.41) is 10.6. The summed E-state index contributed by atoms with van der Waals surface area (Å²) in [6.45, 7) is 0.327. The number of benzene rings is 1. The van der Waals surface area contributed by atoms with Crippen molar-refractivity contribution in [2.45, 2.75) is 19.0 Å². The van der Waals surface area contributed by atoms with Gasteiger partial charge in [0.05, 0.1) is 4.92 Å². The summed E-state index contributed by atoms with van der Waals surface area (Å²) in [4.78, 5) is 22.2. The average molecular weight is 274 g/mol. The highest BCUT2D eigenvalue weighted by molar-refractivity contribution is 5.95. The molecule has 1 aromatic carbocycles. The van der Waals surface area contributed by atoms with Gasteiger partial charge in [0, 0.05) is 24.7 Å². The van der Waals surface area contributed by atoms with E-state index in [-0.39, 0.29) is 18.0 Å². The number of hydrogen-bond donors (Lipinski definition) is 0. The van der Waals surface area contributed by atoms with E-state index in [1.54, 1.807) is 0 Å². The van der Waals surface area contributed by atoms with E-state index < -0.39 is 22.4 Å². The Balaban J connectivity index is 2.49. The van der Waals surface area contributed by atoms with Gasteiger partial charge in [-0.25, -0.2) is 0 Å². The van der Waals surface area contributed by atoms with E-state index in [2.05, 4.69) is 0 Å². The van der Waals surface area contributed by atoms with Crippen molar-refractivity contribution in [3.63, 3.8) is 0 Å². The summed E-state index contributed by atoms with van der Waals surface area (Å²) in [6, 6.07) is 2.60. The van der Waals surface area contributed by atoms with E-state index in [9.17, 15) is 28.1 Å². The molecule has 0 atom stereocenters. The number of carbonyl (C=O) groups excluding carboxylic acids is 1. The van der Waals surface area contributed by atoms with Crippen LogP contribution < -0.4 is 4.90 Å². The average Bonchev–Trinajstić information content (AvgIpc) is 2.73. The molecule has 1 aromatic rings. The normalized spacial score (nSPS) is 15.9. The number of carbonyl (C=O) groups is 1. The van der Waals surface area contributed by atoms with Crippen LogP contribution in [0.25, 0.3) is 0 Å². The molecule has 1 aliphatic heterocycles. The molecule has 0 bridgehead atoms. The molecule has 102 valence electrons. The Bertz CT molecular complexity index is 542. The van der Waals surface area contributed by atoms with Gasteiger partial charge >= 0.3 is 6.18 Å². The second-order valence-corrected chi connectivity index (χ2v) is 4.11. The summed E-state index contributed by atoms with van der Waals surface area (Å²) in [5.74, 6) is -0.276. The third kappa shape index (κ3) is 2.51. The van der Waals surface area contributed by atoms with Gasteiger partial charge < -0.3 is 4.90 Å². The lowest BCUT2D eigenvalue weighted by atomic mass is 10.1. The molecule has 0 spiro atoms. The molecule has 19 heavy (non-hydrogen) atoms. The Labute approximate surface area is 105 Å². The Hall–Kier alpha value is -2.12. The van der Waals surface area contributed by atoms with Gasteiger partial charge in [-0.3, -0.25) is 14.9 Å². The van der Waals surface area contributed by atoms with Gasteiger partial charge in [0.2, 0.25) is 5.91 Å². The molecule has 1 aliphatic rings. The Morgan fingerprint density at radius 2 is 2.00 bits per heavy atom. The van der Waals surface area contributed by atoms with Gasteiger partial charge in [-0.05, 0) is 18.6 Å². The van der Waals surface area contributed by atoms with Crippen molar-refractivity contribution in [2.24, 2.45) is 0 Å². The zero-order valence-corrected chi connectivity index (χ0v) is 9.61. The van der Waals surface area contributed by atoms with Crippen LogP contribution in [-0.2, 0) is 11.0 Å². The molecule has 2 rings (SSSR count). The molecular formula is C11H9F3N2O3. The molecule has 0 aliphatic carbocycles. The predicted octanol–water partition coefficient (Wildman–Crippen LogP) is 2.74. The number of alkyl halides is 3. The first-order valence-corrected chi connectivity index (χ1v) is 5.46. The number of amides is 1. The lowest BCUT2D eigenvalue weighted by Gasteiger charge is -2.17. The maximum atomic E-state index is 12.8. The molecular weight excluding hydrogens is 265 g/mol. The Kier molecular flexibility index (Phi) is 3.17. The van der Waals surface area contributed by atoms with Crippen LogP contribution in [0.5, 0.6) is 0 Å². The molecule has 5 nitrogen and oxygen atoms in total. The summed E-state index contributed by atoms with van der Waals surface area (Å²) in [6.07, 6.45) is -3.99. The first-order chi connectivity index (χ1) is 8.80. The summed E-state index contributed by atoms with van der Waals surface area (Å²) in [7, 11) is 0. The van der Waals surface area contributed by atoms with E-state index >= 15 is 0 Å². The molecule has 0 radical (unpaired) electrons. The van der Waals surface area contributed by atoms with Crippen LogP contribution in [0.2, 0.25) is 0 Å². The maximum absolute atomic E-state index is 12.8. The van der Waals surface area contributed by atoms with Gasteiger partial charge in [-0.2, -0.15) is 13.2 Å². The number of nitro benzene ring substituents is 1. The fourth-order valence-electron chi connectivity index (χ4n) is 2.00. The number of nitrogens with zero attached hydrogens (tertiary/aromatic N) is 2. The highest BCUT2D eigenvalue weighted by Crippen LogP contribution is 2.38. The van der Waals surface area contributed by atoms with Crippen molar-refractivity contribution in [3.05, 3.63) is 33.9 Å². The molecule has 1 amide bonds. The highest BCUT2D eigenvalue weighted by Gasteiger charge is 2.39. The summed E-state index contributed by atoms with van der Waals surface area (Å²) < 4.78 is 38.3. The van der Waals surface area contributed by atoms with E-state index in [1.807, 2.05) is 0 Å². The SMILES string of the molecule is O=C1CCCN1c1ccc([N+](=O)[O-])c(C(F)(F)F)c1. The zero-order valence-electron chi connectivity index (χ0n) is 9.61. The van der Waals surface area contributed by atoms with E-state index in [0.717, 1.165) is 12.1 Å². The molecule has 8 heteroatoms. The standard InChI is InChI=1S/C11H9F3N2O3/c12-11(13,14)8-6-7(3-4-9(8)16(18)19)15-5-1-2-10(15)17/h3-4,6H,1-2,5H2. The molecule has 1 fully saturated rings. The van der Waals surface area contributed by atoms with Crippen LogP contribution in [0.15, 0.2) is 18.2 Å². The first-order valence-electron chi connectivity index (χ1n) is 5.46. The first kappa shape index (κ1) is 13.3. The quantitative estimate of drug-likeness (QED) is 0.615. The van der Waals surface area contributed by atoms with Gasteiger partial charge in [0.25, 0.3) is 5.69 Å². The number of rotatable bonds is 2. The Morgan fingerprint density at radius 1 is 1.32 bits per heavy atom. The smallest absolute Gasteiger partial charge is 0.312 e. The van der Waals surface area contributed by atoms with Gasteiger partial charge in [0.15, 0.2) is 0 Å². The van der Waals surface area contributed by atoms with Crippen LogP contribution in [0.3, 0.4) is 0 Å². The van der Waals surface area contributed by atoms with Crippen molar-refractivity contribution in [3.8, 4) is 0 Å². The van der Waals surface area contributed by atoms with Gasteiger partial charge in [-0.1, -0.05) is 0 Å². The number of nitro groups is 1. The topological polar surface area (TPSA) is 63.5 Å². The van der Waals surface area contributed by atoms with Crippen molar-refractivity contribution < 1.29 is 22.9 Å². The lowest BCUT2D eigenvalue weighted by molar-refractivity contribution is -0.388. The van der Waals surface area contributed by atoms with Gasteiger partial charge in [0.1, 0.15) is 5.56 Å². The minimum atomic E-state index is -4.83.